The van der Waals surface area contributed by atoms with Gasteiger partial charge in [-0.2, -0.15) is 0 Å². The zero-order valence-electron chi connectivity index (χ0n) is 16.0. The average molecular weight is 388 g/mol. The van der Waals surface area contributed by atoms with Crippen molar-refractivity contribution in [1.29, 1.82) is 0 Å². The quantitative estimate of drug-likeness (QED) is 0.746. The number of amidine groups is 1. The minimum Gasteiger partial charge on any atom is -0.483 e. The number of benzene rings is 1. The molecule has 150 valence electrons. The number of likely N-dealkylation sites (N-methyl/N-ethyl adjacent to an activating group) is 1. The molecule has 1 aromatic carbocycles. The normalized spacial score (nSPS) is 22.6. The molecule has 3 aliphatic rings. The second kappa shape index (κ2) is 7.57. The van der Waals surface area contributed by atoms with Gasteiger partial charge in [-0.1, -0.05) is 5.16 Å². The van der Waals surface area contributed by atoms with Crippen molar-refractivity contribution < 1.29 is 23.9 Å². The van der Waals surface area contributed by atoms with E-state index in [1.54, 1.807) is 4.90 Å². The first-order chi connectivity index (χ1) is 13.5. The number of carbonyl (C=O) groups excluding carboxylic acids is 2. The van der Waals surface area contributed by atoms with Gasteiger partial charge in [0, 0.05) is 20.0 Å². The molecule has 0 aromatic heterocycles. The SMILES string of the molecule is CC(=O)NC[C@H]1CN(c2ccc3c(c2)OC/C(=N\OCC2CC2)N3C)C(=O)O1. The van der Waals surface area contributed by atoms with Gasteiger partial charge in [0.15, 0.2) is 5.84 Å². The van der Waals surface area contributed by atoms with E-state index in [2.05, 4.69) is 10.5 Å². The lowest BCUT2D eigenvalue weighted by Crippen LogP contribution is -2.36. The van der Waals surface area contributed by atoms with Crippen LogP contribution in [0.15, 0.2) is 23.4 Å². The second-order valence-corrected chi connectivity index (χ2v) is 7.30. The molecule has 4 rings (SSSR count). The molecule has 2 heterocycles. The third-order valence-electron chi connectivity index (χ3n) is 4.99. The summed E-state index contributed by atoms with van der Waals surface area (Å²) >= 11 is 0. The van der Waals surface area contributed by atoms with E-state index < -0.39 is 6.09 Å². The summed E-state index contributed by atoms with van der Waals surface area (Å²) < 4.78 is 11.1. The first-order valence-corrected chi connectivity index (χ1v) is 9.43. The van der Waals surface area contributed by atoms with Crippen LogP contribution < -0.4 is 19.9 Å². The van der Waals surface area contributed by atoms with Gasteiger partial charge >= 0.3 is 6.09 Å². The Kier molecular flexibility index (Phi) is 4.97. The average Bonchev–Trinajstić information content (AvgIpc) is 3.42. The van der Waals surface area contributed by atoms with E-state index in [9.17, 15) is 9.59 Å². The number of cyclic esters (lactones) is 1. The lowest BCUT2D eigenvalue weighted by molar-refractivity contribution is -0.119. The van der Waals surface area contributed by atoms with E-state index in [0.717, 1.165) is 5.69 Å². The van der Waals surface area contributed by atoms with Gasteiger partial charge in [-0.25, -0.2) is 4.79 Å². The number of ether oxygens (including phenoxy) is 2. The minimum absolute atomic E-state index is 0.154. The van der Waals surface area contributed by atoms with Crippen LogP contribution in [-0.4, -0.2) is 57.3 Å². The standard InChI is InChI=1S/C19H24N4O5/c1-12(24)20-8-15-9-23(19(25)28-15)14-5-6-16-17(7-14)26-11-18(22(16)2)21-27-10-13-3-4-13/h5-7,13,15H,3-4,8-11H2,1-2H3,(H,20,24)/b21-18+/t15-/m0/s1. The molecule has 28 heavy (non-hydrogen) atoms. The van der Waals surface area contributed by atoms with Crippen molar-refractivity contribution in [3.63, 3.8) is 0 Å². The predicted molar refractivity (Wildman–Crippen MR) is 103 cm³/mol. The molecule has 9 nitrogen and oxygen atoms in total. The van der Waals surface area contributed by atoms with Gasteiger partial charge in [-0.15, -0.1) is 0 Å². The Morgan fingerprint density at radius 3 is 2.96 bits per heavy atom. The largest absolute Gasteiger partial charge is 0.483 e. The molecule has 0 unspecified atom stereocenters. The molecule has 1 aromatic rings. The first-order valence-electron chi connectivity index (χ1n) is 9.43. The fourth-order valence-corrected chi connectivity index (χ4v) is 3.13. The van der Waals surface area contributed by atoms with Gasteiger partial charge in [0.05, 0.1) is 24.5 Å². The zero-order valence-corrected chi connectivity index (χ0v) is 16.0. The van der Waals surface area contributed by atoms with Gasteiger partial charge in [-0.05, 0) is 30.9 Å². The van der Waals surface area contributed by atoms with Gasteiger partial charge in [-0.3, -0.25) is 9.69 Å². The maximum absolute atomic E-state index is 12.2. The van der Waals surface area contributed by atoms with Crippen molar-refractivity contribution in [2.45, 2.75) is 25.9 Å². The number of fused-ring (bicyclic) bond motifs is 1. The van der Waals surface area contributed by atoms with Crippen LogP contribution in [0.4, 0.5) is 16.2 Å². The van der Waals surface area contributed by atoms with E-state index in [-0.39, 0.29) is 12.0 Å². The predicted octanol–water partition coefficient (Wildman–Crippen LogP) is 1.72. The number of anilines is 2. The highest BCUT2D eigenvalue weighted by atomic mass is 16.6. The third kappa shape index (κ3) is 3.97. The number of carbonyl (C=O) groups is 2. The van der Waals surface area contributed by atoms with Crippen molar-refractivity contribution >= 4 is 29.2 Å². The van der Waals surface area contributed by atoms with Crippen molar-refractivity contribution in [2.75, 3.05) is 43.2 Å². The van der Waals surface area contributed by atoms with Crippen LogP contribution in [-0.2, 0) is 14.4 Å². The van der Waals surface area contributed by atoms with Crippen LogP contribution >= 0.6 is 0 Å². The molecule has 2 fully saturated rings. The molecular weight excluding hydrogens is 364 g/mol. The zero-order chi connectivity index (χ0) is 19.7. The van der Waals surface area contributed by atoms with Crippen molar-refractivity contribution in [1.82, 2.24) is 5.32 Å². The number of nitrogens with zero attached hydrogens (tertiary/aromatic N) is 3. The Hall–Kier alpha value is -2.97. The maximum Gasteiger partial charge on any atom is 0.414 e. The van der Waals surface area contributed by atoms with E-state index in [4.69, 9.17) is 14.3 Å². The molecular formula is C19H24N4O5. The summed E-state index contributed by atoms with van der Waals surface area (Å²) in [4.78, 5) is 32.1. The summed E-state index contributed by atoms with van der Waals surface area (Å²) in [6.07, 6.45) is 1.62. The number of nitrogens with one attached hydrogen (secondary N) is 1. The molecule has 2 amide bonds. The molecule has 1 saturated heterocycles. The van der Waals surface area contributed by atoms with Crippen LogP contribution in [0.2, 0.25) is 0 Å². The maximum atomic E-state index is 12.2. The van der Waals surface area contributed by atoms with Gasteiger partial charge in [0.1, 0.15) is 25.1 Å². The van der Waals surface area contributed by atoms with Crippen molar-refractivity contribution in [3.8, 4) is 5.75 Å². The van der Waals surface area contributed by atoms with Gasteiger partial charge in [0.25, 0.3) is 0 Å². The van der Waals surface area contributed by atoms with Crippen LogP contribution in [0.1, 0.15) is 19.8 Å². The highest BCUT2D eigenvalue weighted by molar-refractivity contribution is 6.01. The third-order valence-corrected chi connectivity index (χ3v) is 4.99. The van der Waals surface area contributed by atoms with Gasteiger partial charge in [0.2, 0.25) is 5.91 Å². The van der Waals surface area contributed by atoms with E-state index in [0.29, 0.717) is 49.5 Å². The number of hydrogen-bond acceptors (Lipinski definition) is 6. The first kappa shape index (κ1) is 18.4. The highest BCUT2D eigenvalue weighted by Crippen LogP contribution is 2.36. The highest BCUT2D eigenvalue weighted by Gasteiger charge is 2.33. The monoisotopic (exact) mass is 388 g/mol. The summed E-state index contributed by atoms with van der Waals surface area (Å²) in [7, 11) is 1.91. The fourth-order valence-electron chi connectivity index (χ4n) is 3.13. The van der Waals surface area contributed by atoms with E-state index in [1.807, 2.05) is 30.1 Å². The fraction of sp³-hybridized carbons (Fsp3) is 0.526. The number of hydrogen-bond donors (Lipinski definition) is 1. The second-order valence-electron chi connectivity index (χ2n) is 7.30. The summed E-state index contributed by atoms with van der Waals surface area (Å²) in [5.41, 5.74) is 1.54. The van der Waals surface area contributed by atoms with Crippen LogP contribution in [0, 0.1) is 5.92 Å². The summed E-state index contributed by atoms with van der Waals surface area (Å²) in [6.45, 7) is 3.05. The Labute approximate surface area is 163 Å². The lowest BCUT2D eigenvalue weighted by atomic mass is 10.2. The minimum atomic E-state index is -0.435. The Balaban J connectivity index is 1.43. The van der Waals surface area contributed by atoms with Crippen LogP contribution in [0.25, 0.3) is 0 Å². The van der Waals surface area contributed by atoms with Gasteiger partial charge < -0.3 is 24.5 Å². The van der Waals surface area contributed by atoms with Crippen molar-refractivity contribution in [3.05, 3.63) is 18.2 Å². The van der Waals surface area contributed by atoms with E-state index in [1.165, 1.54) is 19.8 Å². The molecule has 0 radical (unpaired) electrons. The number of amides is 2. The lowest BCUT2D eigenvalue weighted by Gasteiger charge is -2.29. The van der Waals surface area contributed by atoms with E-state index >= 15 is 0 Å². The number of rotatable bonds is 6. The summed E-state index contributed by atoms with van der Waals surface area (Å²) in [5.74, 6) is 1.86. The molecule has 0 spiro atoms. The Bertz CT molecular complexity index is 808. The summed E-state index contributed by atoms with van der Waals surface area (Å²) in [6, 6.07) is 5.54. The Morgan fingerprint density at radius 1 is 1.39 bits per heavy atom. The smallest absolute Gasteiger partial charge is 0.414 e. The molecule has 1 atom stereocenters. The molecule has 2 aliphatic heterocycles. The van der Waals surface area contributed by atoms with Crippen molar-refractivity contribution in [2.24, 2.45) is 11.1 Å². The number of oxime groups is 1. The molecule has 0 bridgehead atoms. The molecule has 1 aliphatic carbocycles. The molecule has 1 saturated carbocycles. The van der Waals surface area contributed by atoms with Crippen LogP contribution in [0.5, 0.6) is 5.75 Å². The summed E-state index contributed by atoms with van der Waals surface area (Å²) in [5, 5.41) is 6.87. The Morgan fingerprint density at radius 2 is 2.21 bits per heavy atom. The molecule has 9 heteroatoms. The topological polar surface area (TPSA) is 92.7 Å². The molecule has 1 N–H and O–H groups in total. The van der Waals surface area contributed by atoms with Crippen LogP contribution in [0.3, 0.4) is 0 Å².